The Balaban J connectivity index is 1.75. The number of nitrogen functional groups attached to an aromatic ring is 1. The van der Waals surface area contributed by atoms with Crippen molar-refractivity contribution in [3.8, 4) is 5.75 Å². The van der Waals surface area contributed by atoms with Crippen molar-refractivity contribution in [3.05, 3.63) is 59.7 Å². The number of carbonyl (C=O) groups is 2. The summed E-state index contributed by atoms with van der Waals surface area (Å²) in [6, 6.07) is 13.9. The van der Waals surface area contributed by atoms with E-state index in [-0.39, 0.29) is 24.4 Å². The Kier molecular flexibility index (Phi) is 5.54. The van der Waals surface area contributed by atoms with Crippen LogP contribution in [0, 0.1) is 6.92 Å². The fourth-order valence-corrected chi connectivity index (χ4v) is 2.42. The van der Waals surface area contributed by atoms with Crippen molar-refractivity contribution in [2.24, 2.45) is 0 Å². The quantitative estimate of drug-likeness (QED) is 0.623. The number of nitrogens with one attached hydrogen (secondary N) is 1. The van der Waals surface area contributed by atoms with Crippen LogP contribution in [0.5, 0.6) is 5.75 Å². The van der Waals surface area contributed by atoms with Gasteiger partial charge < -0.3 is 20.5 Å². The first-order chi connectivity index (χ1) is 13.5. The van der Waals surface area contributed by atoms with Crippen LogP contribution in [0.2, 0.25) is 0 Å². The first kappa shape index (κ1) is 18.9. The van der Waals surface area contributed by atoms with E-state index in [0.29, 0.717) is 17.0 Å². The van der Waals surface area contributed by atoms with Crippen LogP contribution in [0.25, 0.3) is 0 Å². The van der Waals surface area contributed by atoms with Crippen LogP contribution in [0.4, 0.5) is 17.6 Å². The largest absolute Gasteiger partial charge is 0.482 e. The molecule has 3 aromatic rings. The Morgan fingerprint density at radius 2 is 1.96 bits per heavy atom. The average Bonchev–Trinajstić information content (AvgIpc) is 3.05. The molecule has 0 atom stereocenters. The summed E-state index contributed by atoms with van der Waals surface area (Å²) in [6.07, 6.45) is 0. The minimum absolute atomic E-state index is 0.0351. The predicted octanol–water partition coefficient (Wildman–Crippen LogP) is 2.15. The molecule has 9 heteroatoms. The van der Waals surface area contributed by atoms with E-state index in [0.717, 1.165) is 10.2 Å². The molecule has 0 unspecified atom stereocenters. The summed E-state index contributed by atoms with van der Waals surface area (Å²) in [6.45, 7) is 1.69. The van der Waals surface area contributed by atoms with Gasteiger partial charge in [-0.25, -0.2) is 4.79 Å². The molecule has 28 heavy (non-hydrogen) atoms. The van der Waals surface area contributed by atoms with Crippen molar-refractivity contribution >= 4 is 29.5 Å². The third-order valence-electron chi connectivity index (χ3n) is 3.76. The molecule has 0 aliphatic carbocycles. The first-order valence-electron chi connectivity index (χ1n) is 8.37. The number of esters is 1. The molecule has 144 valence electrons. The van der Waals surface area contributed by atoms with E-state index in [1.165, 1.54) is 7.11 Å². The van der Waals surface area contributed by atoms with Gasteiger partial charge in [0.2, 0.25) is 11.9 Å². The van der Waals surface area contributed by atoms with Gasteiger partial charge in [0, 0.05) is 17.3 Å². The molecule has 0 bridgehead atoms. The number of aryl methyl sites for hydroxylation is 1. The lowest BCUT2D eigenvalue weighted by Crippen LogP contribution is -2.16. The summed E-state index contributed by atoms with van der Waals surface area (Å²) in [5.41, 5.74) is 7.86. The van der Waals surface area contributed by atoms with Crippen LogP contribution in [0.1, 0.15) is 15.9 Å². The maximum atomic E-state index is 12.6. The van der Waals surface area contributed by atoms with Gasteiger partial charge in [0.25, 0.3) is 5.91 Å². The Labute approximate surface area is 161 Å². The Morgan fingerprint density at radius 3 is 2.71 bits per heavy atom. The zero-order valence-electron chi connectivity index (χ0n) is 15.4. The van der Waals surface area contributed by atoms with Gasteiger partial charge in [-0.1, -0.05) is 23.8 Å². The lowest BCUT2D eigenvalue weighted by atomic mass is 10.1. The maximum absolute atomic E-state index is 12.6. The Morgan fingerprint density at radius 1 is 1.18 bits per heavy atom. The highest BCUT2D eigenvalue weighted by Crippen LogP contribution is 2.21. The number of anilines is 3. The summed E-state index contributed by atoms with van der Waals surface area (Å²) < 4.78 is 10.9. The van der Waals surface area contributed by atoms with Crippen molar-refractivity contribution in [3.63, 3.8) is 0 Å². The molecular weight excluding hydrogens is 362 g/mol. The molecule has 3 N–H and O–H groups in total. The molecule has 0 saturated carbocycles. The Bertz CT molecular complexity index is 1020. The minimum Gasteiger partial charge on any atom is -0.482 e. The van der Waals surface area contributed by atoms with Gasteiger partial charge in [0.05, 0.1) is 7.11 Å². The van der Waals surface area contributed by atoms with E-state index in [4.69, 9.17) is 10.5 Å². The van der Waals surface area contributed by atoms with Crippen LogP contribution in [-0.4, -0.2) is 40.4 Å². The molecule has 2 aromatic carbocycles. The number of aromatic nitrogens is 3. The fourth-order valence-electron chi connectivity index (χ4n) is 2.42. The summed E-state index contributed by atoms with van der Waals surface area (Å²) >= 11 is 0. The number of carbonyl (C=O) groups excluding carboxylic acids is 2. The molecule has 0 aliphatic rings. The van der Waals surface area contributed by atoms with Gasteiger partial charge >= 0.3 is 5.97 Å². The number of rotatable bonds is 6. The highest BCUT2D eigenvalue weighted by atomic mass is 16.6. The average molecular weight is 381 g/mol. The summed E-state index contributed by atoms with van der Waals surface area (Å²) in [5, 5.41) is 7.09. The monoisotopic (exact) mass is 381 g/mol. The number of benzene rings is 2. The van der Waals surface area contributed by atoms with Crippen molar-refractivity contribution in [1.29, 1.82) is 0 Å². The zero-order chi connectivity index (χ0) is 20.1. The summed E-state index contributed by atoms with van der Waals surface area (Å²) in [4.78, 5) is 27.9. The van der Waals surface area contributed by atoms with Crippen LogP contribution < -0.4 is 15.8 Å². The van der Waals surface area contributed by atoms with E-state index in [2.05, 4.69) is 20.1 Å². The smallest absolute Gasteiger partial charge is 0.343 e. The second-order valence-electron chi connectivity index (χ2n) is 5.90. The highest BCUT2D eigenvalue weighted by Gasteiger charge is 2.16. The van der Waals surface area contributed by atoms with Crippen molar-refractivity contribution in [2.75, 3.05) is 24.8 Å². The minimum atomic E-state index is -0.485. The zero-order valence-corrected chi connectivity index (χ0v) is 15.4. The van der Waals surface area contributed by atoms with Gasteiger partial charge in [0.1, 0.15) is 5.75 Å². The molecule has 0 saturated heterocycles. The molecule has 3 rings (SSSR count). The van der Waals surface area contributed by atoms with Gasteiger partial charge in [-0.05, 0) is 31.2 Å². The number of hydrogen-bond donors (Lipinski definition) is 2. The molecular formula is C19H19N5O4. The molecule has 1 heterocycles. The normalized spacial score (nSPS) is 10.4. The topological polar surface area (TPSA) is 121 Å². The Hall–Kier alpha value is -3.88. The molecule has 0 spiro atoms. The molecule has 9 nitrogen and oxygen atoms in total. The van der Waals surface area contributed by atoms with Gasteiger partial charge in [-0.2, -0.15) is 9.67 Å². The maximum Gasteiger partial charge on any atom is 0.343 e. The number of ether oxygens (including phenoxy) is 2. The second-order valence-corrected chi connectivity index (χ2v) is 5.90. The first-order valence-corrected chi connectivity index (χ1v) is 8.37. The van der Waals surface area contributed by atoms with Gasteiger partial charge in [-0.3, -0.25) is 4.79 Å². The molecule has 0 aliphatic heterocycles. The second kappa shape index (κ2) is 8.21. The number of nitrogens with two attached hydrogens (primary N) is 1. The predicted molar refractivity (Wildman–Crippen MR) is 103 cm³/mol. The lowest BCUT2D eigenvalue weighted by molar-refractivity contribution is -0.142. The van der Waals surface area contributed by atoms with Crippen LogP contribution in [0.3, 0.4) is 0 Å². The lowest BCUT2D eigenvalue weighted by Gasteiger charge is -2.07. The third kappa shape index (κ3) is 4.44. The van der Waals surface area contributed by atoms with E-state index >= 15 is 0 Å². The molecule has 0 amide bonds. The highest BCUT2D eigenvalue weighted by molar-refractivity contribution is 5.97. The van der Waals surface area contributed by atoms with Crippen LogP contribution >= 0.6 is 0 Å². The number of methoxy groups -OCH3 is 1. The SMILES string of the molecule is COC(=O)COc1cccc(Nc2nc(N)n(C(=O)c3cccc(C)c3)n2)c1. The van der Waals surface area contributed by atoms with E-state index < -0.39 is 5.97 Å². The molecule has 1 aromatic heterocycles. The van der Waals surface area contributed by atoms with Crippen LogP contribution in [-0.2, 0) is 9.53 Å². The fraction of sp³-hybridized carbons (Fsp3) is 0.158. The van der Waals surface area contributed by atoms with Gasteiger partial charge in [-0.15, -0.1) is 5.10 Å². The van der Waals surface area contributed by atoms with Crippen LogP contribution in [0.15, 0.2) is 48.5 Å². The number of hydrogen-bond acceptors (Lipinski definition) is 8. The summed E-state index contributed by atoms with van der Waals surface area (Å²) in [7, 11) is 1.29. The van der Waals surface area contributed by atoms with Crippen molar-refractivity contribution in [1.82, 2.24) is 14.8 Å². The summed E-state index contributed by atoms with van der Waals surface area (Å²) in [5.74, 6) is -0.285. The molecule has 0 radical (unpaired) electrons. The van der Waals surface area contributed by atoms with Crippen molar-refractivity contribution in [2.45, 2.75) is 6.92 Å². The molecule has 0 fully saturated rings. The standard InChI is InChI=1S/C19H19N5O4/c1-12-5-3-6-13(9-12)17(26)24-18(20)22-19(23-24)21-14-7-4-8-15(10-14)28-11-16(25)27-2/h3-10H,11H2,1-2H3,(H3,20,21,22,23). The van der Waals surface area contributed by atoms with E-state index in [1.807, 2.05) is 13.0 Å². The third-order valence-corrected chi connectivity index (χ3v) is 3.76. The van der Waals surface area contributed by atoms with Gasteiger partial charge in [0.15, 0.2) is 6.61 Å². The van der Waals surface area contributed by atoms with E-state index in [9.17, 15) is 9.59 Å². The number of nitrogens with zero attached hydrogens (tertiary/aromatic N) is 3. The van der Waals surface area contributed by atoms with E-state index in [1.54, 1.807) is 42.5 Å². The van der Waals surface area contributed by atoms with Crippen molar-refractivity contribution < 1.29 is 19.1 Å².